The van der Waals surface area contributed by atoms with Gasteiger partial charge in [0.25, 0.3) is 0 Å². The van der Waals surface area contributed by atoms with Crippen molar-refractivity contribution < 1.29 is 24.6 Å². The standard InChI is InChI=1S/C4H12NO5P/c6-3-5-4(7)1-2-11(8,9)10/h4-7H,1-3H2,(H2,8,9,10). The van der Waals surface area contributed by atoms with Crippen molar-refractivity contribution in [2.45, 2.75) is 12.6 Å². The van der Waals surface area contributed by atoms with E-state index in [4.69, 9.17) is 20.0 Å². The van der Waals surface area contributed by atoms with E-state index in [1.165, 1.54) is 0 Å². The molecule has 0 spiro atoms. The monoisotopic (exact) mass is 185 g/mol. The summed E-state index contributed by atoms with van der Waals surface area (Å²) >= 11 is 0. The van der Waals surface area contributed by atoms with Gasteiger partial charge in [-0.25, -0.2) is 0 Å². The topological polar surface area (TPSA) is 110 Å². The molecule has 0 aromatic rings. The minimum atomic E-state index is -4.02. The molecule has 1 atom stereocenters. The summed E-state index contributed by atoms with van der Waals surface area (Å²) in [5, 5.41) is 19.2. The van der Waals surface area contributed by atoms with Crippen LogP contribution in [0.2, 0.25) is 0 Å². The van der Waals surface area contributed by atoms with Crippen molar-refractivity contribution >= 4 is 7.60 Å². The molecular weight excluding hydrogens is 173 g/mol. The van der Waals surface area contributed by atoms with Crippen LogP contribution in [0.1, 0.15) is 6.42 Å². The van der Waals surface area contributed by atoms with Gasteiger partial charge in [-0.3, -0.25) is 9.88 Å². The van der Waals surface area contributed by atoms with Gasteiger partial charge in [-0.15, -0.1) is 0 Å². The SMILES string of the molecule is O=P(O)(O)CCC(O)NCO. The molecule has 68 valence electrons. The van der Waals surface area contributed by atoms with E-state index >= 15 is 0 Å². The first-order valence-corrected chi connectivity index (χ1v) is 4.82. The van der Waals surface area contributed by atoms with Crippen molar-refractivity contribution in [3.8, 4) is 0 Å². The van der Waals surface area contributed by atoms with Gasteiger partial charge in [0.15, 0.2) is 0 Å². The number of hydrogen-bond acceptors (Lipinski definition) is 4. The molecule has 0 saturated heterocycles. The van der Waals surface area contributed by atoms with Crippen LogP contribution in [0.3, 0.4) is 0 Å². The maximum atomic E-state index is 10.2. The number of aliphatic hydroxyl groups is 2. The van der Waals surface area contributed by atoms with E-state index in [2.05, 4.69) is 5.32 Å². The highest BCUT2D eigenvalue weighted by Crippen LogP contribution is 2.34. The summed E-state index contributed by atoms with van der Waals surface area (Å²) in [4.78, 5) is 16.7. The summed E-state index contributed by atoms with van der Waals surface area (Å²) in [6.07, 6.45) is -1.53. The van der Waals surface area contributed by atoms with Crippen molar-refractivity contribution in [1.82, 2.24) is 5.32 Å². The maximum Gasteiger partial charge on any atom is 0.325 e. The molecule has 0 heterocycles. The Balaban J connectivity index is 3.46. The third-order valence-corrected chi connectivity index (χ3v) is 1.86. The fraction of sp³-hybridized carbons (Fsp3) is 1.00. The highest BCUT2D eigenvalue weighted by Gasteiger charge is 2.14. The molecule has 7 heteroatoms. The molecule has 0 saturated carbocycles. The summed E-state index contributed by atoms with van der Waals surface area (Å²) in [7, 11) is -4.02. The van der Waals surface area contributed by atoms with E-state index in [-0.39, 0.29) is 12.6 Å². The first-order chi connectivity index (χ1) is 4.95. The molecule has 0 aromatic carbocycles. The molecule has 0 rings (SSSR count). The maximum absolute atomic E-state index is 10.2. The predicted octanol–water partition coefficient (Wildman–Crippen LogP) is -1.59. The van der Waals surface area contributed by atoms with Crippen molar-refractivity contribution in [3.63, 3.8) is 0 Å². The fourth-order valence-corrected chi connectivity index (χ4v) is 1.08. The van der Waals surface area contributed by atoms with Crippen LogP contribution in [0.15, 0.2) is 0 Å². The van der Waals surface area contributed by atoms with Gasteiger partial charge in [-0.05, 0) is 6.42 Å². The van der Waals surface area contributed by atoms with E-state index in [1.54, 1.807) is 0 Å². The molecule has 0 aliphatic carbocycles. The van der Waals surface area contributed by atoms with Crippen LogP contribution in [-0.2, 0) is 4.57 Å². The van der Waals surface area contributed by atoms with Crippen molar-refractivity contribution in [3.05, 3.63) is 0 Å². The first-order valence-electron chi connectivity index (χ1n) is 3.02. The highest BCUT2D eigenvalue weighted by atomic mass is 31.2. The molecule has 0 amide bonds. The van der Waals surface area contributed by atoms with Gasteiger partial charge in [0.05, 0.1) is 12.9 Å². The third kappa shape index (κ3) is 7.93. The van der Waals surface area contributed by atoms with Gasteiger partial charge in [0, 0.05) is 0 Å². The number of rotatable bonds is 5. The summed E-state index contributed by atoms with van der Waals surface area (Å²) in [5.74, 6) is 0. The zero-order valence-corrected chi connectivity index (χ0v) is 6.74. The molecule has 1 unspecified atom stereocenters. The second-order valence-corrected chi connectivity index (χ2v) is 3.83. The molecule has 0 bridgehead atoms. The lowest BCUT2D eigenvalue weighted by molar-refractivity contribution is 0.0940. The summed E-state index contributed by atoms with van der Waals surface area (Å²) < 4.78 is 10.2. The number of hydrogen-bond donors (Lipinski definition) is 5. The van der Waals surface area contributed by atoms with Gasteiger partial charge in [-0.1, -0.05) is 0 Å². The smallest absolute Gasteiger partial charge is 0.325 e. The van der Waals surface area contributed by atoms with E-state index < -0.39 is 20.6 Å². The molecule has 0 radical (unpaired) electrons. The van der Waals surface area contributed by atoms with Crippen LogP contribution < -0.4 is 5.32 Å². The Hall–Kier alpha value is 0.0300. The van der Waals surface area contributed by atoms with Gasteiger partial charge >= 0.3 is 7.60 Å². The van der Waals surface area contributed by atoms with E-state index in [9.17, 15) is 4.57 Å². The average Bonchev–Trinajstić information content (AvgIpc) is 1.83. The Labute approximate surface area is 64.0 Å². The molecule has 0 aromatic heterocycles. The van der Waals surface area contributed by atoms with Gasteiger partial charge in [0.1, 0.15) is 6.23 Å². The van der Waals surface area contributed by atoms with Gasteiger partial charge in [0.2, 0.25) is 0 Å². The first kappa shape index (κ1) is 11.0. The Morgan fingerprint density at radius 2 is 2.00 bits per heavy atom. The molecule has 0 fully saturated rings. The van der Waals surface area contributed by atoms with Crippen LogP contribution in [-0.4, -0.2) is 39.1 Å². The Bertz CT molecular complexity index is 145. The lowest BCUT2D eigenvalue weighted by atomic mass is 10.4. The predicted molar refractivity (Wildman–Crippen MR) is 37.8 cm³/mol. The quantitative estimate of drug-likeness (QED) is 0.261. The normalized spacial score (nSPS) is 14.9. The zero-order valence-electron chi connectivity index (χ0n) is 5.84. The molecule has 0 aliphatic rings. The van der Waals surface area contributed by atoms with E-state index in [0.29, 0.717) is 0 Å². The zero-order chi connectivity index (χ0) is 8.91. The molecule has 11 heavy (non-hydrogen) atoms. The van der Waals surface area contributed by atoms with E-state index in [1.807, 2.05) is 0 Å². The molecule has 5 N–H and O–H groups in total. The minimum Gasteiger partial charge on any atom is -0.381 e. The average molecular weight is 185 g/mol. The lowest BCUT2D eigenvalue weighted by Gasteiger charge is -2.10. The molecule has 0 aliphatic heterocycles. The van der Waals surface area contributed by atoms with Crippen molar-refractivity contribution in [2.75, 3.05) is 12.9 Å². The third-order valence-electron chi connectivity index (χ3n) is 1.02. The second-order valence-electron chi connectivity index (χ2n) is 2.06. The summed E-state index contributed by atoms with van der Waals surface area (Å²) in [5.41, 5.74) is 0. The Morgan fingerprint density at radius 1 is 1.45 bits per heavy atom. The molecule has 6 nitrogen and oxygen atoms in total. The number of aliphatic hydroxyl groups excluding tert-OH is 2. The van der Waals surface area contributed by atoms with Crippen LogP contribution in [0.4, 0.5) is 0 Å². The number of nitrogens with one attached hydrogen (secondary N) is 1. The summed E-state index contributed by atoms with van der Waals surface area (Å²) in [6.45, 7) is -0.414. The lowest BCUT2D eigenvalue weighted by Crippen LogP contribution is -2.30. The van der Waals surface area contributed by atoms with Gasteiger partial charge < -0.3 is 20.0 Å². The highest BCUT2D eigenvalue weighted by molar-refractivity contribution is 7.51. The Morgan fingerprint density at radius 3 is 2.36 bits per heavy atom. The van der Waals surface area contributed by atoms with Gasteiger partial charge in [-0.2, -0.15) is 0 Å². The second kappa shape index (κ2) is 4.82. The largest absolute Gasteiger partial charge is 0.381 e. The van der Waals surface area contributed by atoms with Crippen molar-refractivity contribution in [2.24, 2.45) is 0 Å². The summed E-state index contributed by atoms with van der Waals surface area (Å²) in [6, 6.07) is 0. The van der Waals surface area contributed by atoms with Crippen LogP contribution in [0.25, 0.3) is 0 Å². The molecular formula is C4H12NO5P. The fourth-order valence-electron chi connectivity index (χ4n) is 0.498. The van der Waals surface area contributed by atoms with Crippen molar-refractivity contribution in [1.29, 1.82) is 0 Å². The van der Waals surface area contributed by atoms with Crippen LogP contribution >= 0.6 is 7.60 Å². The minimum absolute atomic E-state index is 0.0785. The van der Waals surface area contributed by atoms with E-state index in [0.717, 1.165) is 0 Å². The van der Waals surface area contributed by atoms with Crippen LogP contribution in [0.5, 0.6) is 0 Å². The van der Waals surface area contributed by atoms with Crippen LogP contribution in [0, 0.1) is 0 Å². The Kier molecular flexibility index (Phi) is 4.83.